The van der Waals surface area contributed by atoms with Crippen molar-refractivity contribution >= 4 is 22.6 Å². The molecule has 0 unspecified atom stereocenters. The van der Waals surface area contributed by atoms with Crippen molar-refractivity contribution in [3.63, 3.8) is 0 Å². The highest BCUT2D eigenvalue weighted by atomic mass is 16.5. The highest BCUT2D eigenvalue weighted by Crippen LogP contribution is 2.27. The number of fused-ring (bicyclic) bond motifs is 1. The minimum Gasteiger partial charge on any atom is -0.497 e. The first kappa shape index (κ1) is 17.3. The number of carbonyl (C=O) groups is 1. The average molecular weight is 362 g/mol. The zero-order valence-corrected chi connectivity index (χ0v) is 15.4. The Labute approximate surface area is 158 Å². The summed E-state index contributed by atoms with van der Waals surface area (Å²) in [6, 6.07) is 15.0. The van der Waals surface area contributed by atoms with Gasteiger partial charge in [0.25, 0.3) is 0 Å². The molecule has 138 valence electrons. The molecule has 0 amide bonds. The Balaban J connectivity index is 1.60. The fourth-order valence-corrected chi connectivity index (χ4v) is 3.47. The number of piperidine rings is 1. The predicted octanol–water partition coefficient (Wildman–Crippen LogP) is 4.45. The van der Waals surface area contributed by atoms with Gasteiger partial charge in [-0.15, -0.1) is 0 Å². The van der Waals surface area contributed by atoms with Gasteiger partial charge >= 0.3 is 5.97 Å². The first-order valence-electron chi connectivity index (χ1n) is 9.24. The number of nitrogens with zero attached hydrogens (tertiary/aromatic N) is 2. The van der Waals surface area contributed by atoms with Crippen molar-refractivity contribution in [2.24, 2.45) is 0 Å². The molecule has 1 aromatic heterocycles. The highest BCUT2D eigenvalue weighted by molar-refractivity contribution is 5.96. The van der Waals surface area contributed by atoms with Crippen molar-refractivity contribution < 1.29 is 14.3 Å². The third kappa shape index (κ3) is 3.72. The molecule has 5 nitrogen and oxygen atoms in total. The maximum atomic E-state index is 12.8. The molecule has 1 fully saturated rings. The minimum absolute atomic E-state index is 0.383. The van der Waals surface area contributed by atoms with Gasteiger partial charge in [0.1, 0.15) is 22.9 Å². The predicted molar refractivity (Wildman–Crippen MR) is 106 cm³/mol. The molecule has 0 aliphatic carbocycles. The van der Waals surface area contributed by atoms with Crippen LogP contribution in [0.1, 0.15) is 29.6 Å². The van der Waals surface area contributed by atoms with Gasteiger partial charge in [-0.05, 0) is 66.4 Å². The van der Waals surface area contributed by atoms with Crippen molar-refractivity contribution in [1.82, 2.24) is 4.98 Å². The number of hydrogen-bond acceptors (Lipinski definition) is 5. The molecule has 1 aliphatic rings. The van der Waals surface area contributed by atoms with E-state index in [9.17, 15) is 4.79 Å². The number of anilines is 1. The van der Waals surface area contributed by atoms with E-state index < -0.39 is 0 Å². The van der Waals surface area contributed by atoms with Gasteiger partial charge in [0.05, 0.1) is 7.11 Å². The lowest BCUT2D eigenvalue weighted by atomic mass is 10.1. The maximum Gasteiger partial charge on any atom is 0.347 e. The van der Waals surface area contributed by atoms with Crippen LogP contribution in [0.3, 0.4) is 0 Å². The molecular weight excluding hydrogens is 340 g/mol. The van der Waals surface area contributed by atoms with Crippen LogP contribution in [0, 0.1) is 0 Å². The zero-order chi connectivity index (χ0) is 18.6. The fraction of sp³-hybridized carbons (Fsp3) is 0.273. The summed E-state index contributed by atoms with van der Waals surface area (Å²) >= 11 is 0. The van der Waals surface area contributed by atoms with Crippen LogP contribution in [0.25, 0.3) is 10.8 Å². The second-order valence-corrected chi connectivity index (χ2v) is 6.69. The quantitative estimate of drug-likeness (QED) is 0.507. The van der Waals surface area contributed by atoms with Crippen molar-refractivity contribution in [2.75, 3.05) is 25.1 Å². The van der Waals surface area contributed by atoms with E-state index >= 15 is 0 Å². The average Bonchev–Trinajstić information content (AvgIpc) is 2.73. The Hall–Kier alpha value is -3.08. The molecule has 27 heavy (non-hydrogen) atoms. The Morgan fingerprint density at radius 1 is 0.963 bits per heavy atom. The van der Waals surface area contributed by atoms with E-state index in [2.05, 4.69) is 9.88 Å². The maximum absolute atomic E-state index is 12.8. The lowest BCUT2D eigenvalue weighted by Gasteiger charge is -2.28. The summed E-state index contributed by atoms with van der Waals surface area (Å²) in [7, 11) is 1.63. The molecule has 0 radical (unpaired) electrons. The SMILES string of the molecule is COc1ccc2ccc(OC(=O)c3cccnc3N3CCCCC3)cc2c1. The van der Waals surface area contributed by atoms with Crippen LogP contribution < -0.4 is 14.4 Å². The van der Waals surface area contributed by atoms with Gasteiger partial charge in [0.2, 0.25) is 0 Å². The standard InChI is InChI=1S/C22H22N2O3/c1-26-18-9-7-16-8-10-19(15-17(16)14-18)27-22(25)20-6-5-11-23-21(20)24-12-3-2-4-13-24/h5-11,14-15H,2-4,12-13H2,1H3. The molecule has 0 N–H and O–H groups in total. The van der Waals surface area contributed by atoms with Crippen molar-refractivity contribution in [3.05, 3.63) is 60.3 Å². The summed E-state index contributed by atoms with van der Waals surface area (Å²) in [4.78, 5) is 19.4. The number of esters is 1. The third-order valence-corrected chi connectivity index (χ3v) is 4.89. The molecule has 0 spiro atoms. The van der Waals surface area contributed by atoms with Crippen LogP contribution in [-0.2, 0) is 0 Å². The van der Waals surface area contributed by atoms with E-state index in [-0.39, 0.29) is 5.97 Å². The number of hydrogen-bond donors (Lipinski definition) is 0. The Morgan fingerprint density at radius 3 is 2.48 bits per heavy atom. The molecule has 0 saturated carbocycles. The number of benzene rings is 2. The second kappa shape index (κ2) is 7.66. The summed E-state index contributed by atoms with van der Waals surface area (Å²) in [5.41, 5.74) is 0.505. The highest BCUT2D eigenvalue weighted by Gasteiger charge is 2.21. The van der Waals surface area contributed by atoms with Crippen LogP contribution in [0.4, 0.5) is 5.82 Å². The molecule has 2 heterocycles. The van der Waals surface area contributed by atoms with E-state index in [1.807, 2.05) is 36.4 Å². The van der Waals surface area contributed by atoms with Crippen molar-refractivity contribution in [2.45, 2.75) is 19.3 Å². The van der Waals surface area contributed by atoms with Crippen LogP contribution >= 0.6 is 0 Å². The molecule has 0 bridgehead atoms. The summed E-state index contributed by atoms with van der Waals surface area (Å²) in [6.45, 7) is 1.85. The topological polar surface area (TPSA) is 51.7 Å². The van der Waals surface area contributed by atoms with Crippen molar-refractivity contribution in [3.8, 4) is 11.5 Å². The first-order chi connectivity index (χ1) is 13.2. The third-order valence-electron chi connectivity index (χ3n) is 4.89. The van der Waals surface area contributed by atoms with Gasteiger partial charge in [-0.1, -0.05) is 12.1 Å². The van der Waals surface area contributed by atoms with Crippen molar-refractivity contribution in [1.29, 1.82) is 0 Å². The molecule has 1 saturated heterocycles. The lowest BCUT2D eigenvalue weighted by Crippen LogP contribution is -2.32. The number of ether oxygens (including phenoxy) is 2. The molecule has 1 aliphatic heterocycles. The van der Waals surface area contributed by atoms with Gasteiger partial charge in [-0.3, -0.25) is 0 Å². The normalized spacial score (nSPS) is 14.2. The molecular formula is C22H22N2O3. The minimum atomic E-state index is -0.383. The van der Waals surface area contributed by atoms with Crippen LogP contribution in [0.2, 0.25) is 0 Å². The van der Waals surface area contributed by atoms with Gasteiger partial charge < -0.3 is 14.4 Å². The Bertz CT molecular complexity index is 965. The Kier molecular flexibility index (Phi) is 4.92. The second-order valence-electron chi connectivity index (χ2n) is 6.69. The van der Waals surface area contributed by atoms with Gasteiger partial charge in [0, 0.05) is 19.3 Å². The number of aromatic nitrogens is 1. The summed E-state index contributed by atoms with van der Waals surface area (Å²) < 4.78 is 10.9. The van der Waals surface area contributed by atoms with E-state index in [1.54, 1.807) is 25.4 Å². The van der Waals surface area contributed by atoms with E-state index in [0.717, 1.165) is 42.5 Å². The van der Waals surface area contributed by atoms with Crippen LogP contribution in [0.15, 0.2) is 54.7 Å². The smallest absolute Gasteiger partial charge is 0.347 e. The van der Waals surface area contributed by atoms with Gasteiger partial charge in [-0.25, -0.2) is 9.78 Å². The summed E-state index contributed by atoms with van der Waals surface area (Å²) in [6.07, 6.45) is 5.20. The lowest BCUT2D eigenvalue weighted by molar-refractivity contribution is 0.0735. The number of rotatable bonds is 4. The summed E-state index contributed by atoms with van der Waals surface area (Å²) in [5.74, 6) is 1.61. The Morgan fingerprint density at radius 2 is 1.70 bits per heavy atom. The molecule has 4 rings (SSSR count). The zero-order valence-electron chi connectivity index (χ0n) is 15.4. The largest absolute Gasteiger partial charge is 0.497 e. The number of methoxy groups -OCH3 is 1. The fourth-order valence-electron chi connectivity index (χ4n) is 3.47. The molecule has 2 aromatic carbocycles. The van der Waals surface area contributed by atoms with E-state index in [4.69, 9.17) is 9.47 Å². The monoisotopic (exact) mass is 362 g/mol. The molecule has 5 heteroatoms. The van der Waals surface area contributed by atoms with E-state index in [0.29, 0.717) is 17.1 Å². The number of carbonyl (C=O) groups excluding carboxylic acids is 1. The van der Waals surface area contributed by atoms with E-state index in [1.165, 1.54) is 6.42 Å². The van der Waals surface area contributed by atoms with Crippen LogP contribution in [-0.4, -0.2) is 31.2 Å². The first-order valence-corrected chi connectivity index (χ1v) is 9.24. The van der Waals surface area contributed by atoms with Gasteiger partial charge in [0.15, 0.2) is 0 Å². The number of pyridine rings is 1. The van der Waals surface area contributed by atoms with Gasteiger partial charge in [-0.2, -0.15) is 0 Å². The molecule has 0 atom stereocenters. The molecule has 3 aromatic rings. The summed E-state index contributed by atoms with van der Waals surface area (Å²) in [5, 5.41) is 2.02. The van der Waals surface area contributed by atoms with Crippen LogP contribution in [0.5, 0.6) is 11.5 Å².